The topological polar surface area (TPSA) is 62.2 Å². The fourth-order valence-corrected chi connectivity index (χ4v) is 1.78. The Balaban J connectivity index is 2.10. The predicted molar refractivity (Wildman–Crippen MR) is 55.6 cm³/mol. The van der Waals surface area contributed by atoms with Crippen LogP contribution in [-0.4, -0.2) is 22.6 Å². The van der Waals surface area contributed by atoms with E-state index < -0.39 is 5.97 Å². The molecular weight excluding hydrogens is 192 g/mol. The highest BCUT2D eigenvalue weighted by Crippen LogP contribution is 2.14. The van der Waals surface area contributed by atoms with Gasteiger partial charge in [-0.3, -0.25) is 9.78 Å². The van der Waals surface area contributed by atoms with Crippen LogP contribution in [0.1, 0.15) is 23.2 Å². The first-order valence-corrected chi connectivity index (χ1v) is 5.15. The Bertz CT molecular complexity index is 377. The van der Waals surface area contributed by atoms with E-state index in [2.05, 4.69) is 10.3 Å². The second kappa shape index (κ2) is 4.40. The molecule has 15 heavy (non-hydrogen) atoms. The summed E-state index contributed by atoms with van der Waals surface area (Å²) in [5, 5.41) is 11.9. The highest BCUT2D eigenvalue weighted by atomic mass is 16.4. The number of aryl methyl sites for hydroxylation is 1. The molecule has 0 aliphatic carbocycles. The number of carbonyl (C=O) groups is 1. The zero-order valence-electron chi connectivity index (χ0n) is 8.49. The maximum absolute atomic E-state index is 10.4. The molecule has 0 amide bonds. The normalized spacial score (nSPS) is 14.7. The van der Waals surface area contributed by atoms with Gasteiger partial charge in [0.15, 0.2) is 0 Å². The zero-order valence-corrected chi connectivity index (χ0v) is 8.49. The van der Waals surface area contributed by atoms with Crippen molar-refractivity contribution in [3.05, 3.63) is 29.1 Å². The molecule has 2 N–H and O–H groups in total. The molecule has 4 heteroatoms. The van der Waals surface area contributed by atoms with E-state index in [9.17, 15) is 4.79 Å². The average molecular weight is 206 g/mol. The minimum absolute atomic E-state index is 0.157. The van der Waals surface area contributed by atoms with Gasteiger partial charge in [0.1, 0.15) is 0 Å². The first-order chi connectivity index (χ1) is 7.25. The van der Waals surface area contributed by atoms with Gasteiger partial charge in [-0.1, -0.05) is 0 Å². The van der Waals surface area contributed by atoms with Gasteiger partial charge in [-0.05, 0) is 30.2 Å². The second-order valence-corrected chi connectivity index (χ2v) is 3.76. The van der Waals surface area contributed by atoms with E-state index in [-0.39, 0.29) is 6.42 Å². The lowest BCUT2D eigenvalue weighted by Crippen LogP contribution is -2.24. The summed E-state index contributed by atoms with van der Waals surface area (Å²) >= 11 is 0. The number of fused-ring (bicyclic) bond motifs is 1. The second-order valence-electron chi connectivity index (χ2n) is 3.76. The Morgan fingerprint density at radius 3 is 3.20 bits per heavy atom. The summed E-state index contributed by atoms with van der Waals surface area (Å²) in [6.45, 7) is 1.87. The number of hydrogen-bond acceptors (Lipinski definition) is 3. The summed E-state index contributed by atoms with van der Waals surface area (Å²) in [5.41, 5.74) is 3.43. The summed E-state index contributed by atoms with van der Waals surface area (Å²) in [4.78, 5) is 14.7. The minimum Gasteiger partial charge on any atom is -0.481 e. The largest absolute Gasteiger partial charge is 0.481 e. The molecule has 4 nitrogen and oxygen atoms in total. The van der Waals surface area contributed by atoms with Crippen LogP contribution in [0.2, 0.25) is 0 Å². The summed E-state index contributed by atoms with van der Waals surface area (Å²) in [6, 6.07) is 2.04. The third-order valence-corrected chi connectivity index (χ3v) is 2.62. The Morgan fingerprint density at radius 1 is 1.53 bits per heavy atom. The SMILES string of the molecule is O=C(O)CCc1cc2c(cn1)CNCC2. The van der Waals surface area contributed by atoms with E-state index >= 15 is 0 Å². The molecule has 1 aliphatic rings. The fraction of sp³-hybridized carbons (Fsp3) is 0.455. The van der Waals surface area contributed by atoms with Crippen molar-refractivity contribution in [3.8, 4) is 0 Å². The van der Waals surface area contributed by atoms with E-state index in [1.54, 1.807) is 0 Å². The lowest BCUT2D eigenvalue weighted by Gasteiger charge is -2.16. The van der Waals surface area contributed by atoms with Crippen LogP contribution in [0.5, 0.6) is 0 Å². The first kappa shape index (κ1) is 10.1. The number of rotatable bonds is 3. The number of nitrogens with one attached hydrogen (secondary N) is 1. The summed E-state index contributed by atoms with van der Waals surface area (Å²) < 4.78 is 0. The molecule has 2 rings (SSSR count). The number of carboxylic acids is 1. The third-order valence-electron chi connectivity index (χ3n) is 2.62. The van der Waals surface area contributed by atoms with E-state index in [0.29, 0.717) is 6.42 Å². The minimum atomic E-state index is -0.767. The number of carboxylic acid groups (broad SMARTS) is 1. The van der Waals surface area contributed by atoms with Gasteiger partial charge in [-0.25, -0.2) is 0 Å². The summed E-state index contributed by atoms with van der Waals surface area (Å²) in [5.74, 6) is -0.767. The van der Waals surface area contributed by atoms with Crippen molar-refractivity contribution >= 4 is 5.97 Å². The molecule has 2 heterocycles. The van der Waals surface area contributed by atoms with Crippen LogP contribution in [0.4, 0.5) is 0 Å². The third kappa shape index (κ3) is 2.53. The Kier molecular flexibility index (Phi) is 2.97. The fourth-order valence-electron chi connectivity index (χ4n) is 1.78. The Hall–Kier alpha value is -1.42. The van der Waals surface area contributed by atoms with Crippen molar-refractivity contribution in [3.63, 3.8) is 0 Å². The maximum Gasteiger partial charge on any atom is 0.303 e. The molecule has 0 radical (unpaired) electrons. The Morgan fingerprint density at radius 2 is 2.40 bits per heavy atom. The van der Waals surface area contributed by atoms with Crippen LogP contribution < -0.4 is 5.32 Å². The monoisotopic (exact) mass is 206 g/mol. The van der Waals surface area contributed by atoms with Crippen LogP contribution in [0.15, 0.2) is 12.3 Å². The van der Waals surface area contributed by atoms with Gasteiger partial charge in [0.25, 0.3) is 0 Å². The van der Waals surface area contributed by atoms with Crippen LogP contribution in [-0.2, 0) is 24.2 Å². The van der Waals surface area contributed by atoms with Crippen LogP contribution in [0.25, 0.3) is 0 Å². The molecule has 0 unspecified atom stereocenters. The van der Waals surface area contributed by atoms with Gasteiger partial charge in [0, 0.05) is 24.9 Å². The highest BCUT2D eigenvalue weighted by Gasteiger charge is 2.10. The standard InChI is InChI=1S/C11H14N2O2/c14-11(15)2-1-10-5-8-3-4-12-6-9(8)7-13-10/h5,7,12H,1-4,6H2,(H,14,15). The quantitative estimate of drug-likeness (QED) is 0.766. The lowest BCUT2D eigenvalue weighted by molar-refractivity contribution is -0.136. The van der Waals surface area contributed by atoms with Gasteiger partial charge in [-0.15, -0.1) is 0 Å². The van der Waals surface area contributed by atoms with Crippen LogP contribution in [0, 0.1) is 0 Å². The molecule has 1 aliphatic heterocycles. The van der Waals surface area contributed by atoms with E-state index in [0.717, 1.165) is 25.2 Å². The van der Waals surface area contributed by atoms with Crippen LogP contribution >= 0.6 is 0 Å². The Labute approximate surface area is 88.3 Å². The summed E-state index contributed by atoms with van der Waals surface area (Å²) in [7, 11) is 0. The molecule has 80 valence electrons. The molecule has 0 atom stereocenters. The number of nitrogens with zero attached hydrogens (tertiary/aromatic N) is 1. The molecule has 0 saturated heterocycles. The van der Waals surface area contributed by atoms with Crippen molar-refractivity contribution in [1.29, 1.82) is 0 Å². The van der Waals surface area contributed by atoms with Gasteiger partial charge < -0.3 is 10.4 Å². The van der Waals surface area contributed by atoms with E-state index in [1.165, 1.54) is 11.1 Å². The lowest BCUT2D eigenvalue weighted by atomic mass is 10.0. The number of aromatic nitrogens is 1. The zero-order chi connectivity index (χ0) is 10.7. The highest BCUT2D eigenvalue weighted by molar-refractivity contribution is 5.66. The molecule has 1 aromatic heterocycles. The molecule has 0 aromatic carbocycles. The number of hydrogen-bond donors (Lipinski definition) is 2. The van der Waals surface area contributed by atoms with E-state index in [1.807, 2.05) is 12.3 Å². The smallest absolute Gasteiger partial charge is 0.303 e. The maximum atomic E-state index is 10.4. The molecule has 0 fully saturated rings. The first-order valence-electron chi connectivity index (χ1n) is 5.15. The predicted octanol–water partition coefficient (Wildman–Crippen LogP) is 0.744. The number of aliphatic carboxylic acids is 1. The van der Waals surface area contributed by atoms with Crippen molar-refractivity contribution in [2.45, 2.75) is 25.8 Å². The molecule has 0 saturated carbocycles. The molecule has 1 aromatic rings. The molecule has 0 spiro atoms. The van der Waals surface area contributed by atoms with Gasteiger partial charge in [0.2, 0.25) is 0 Å². The molecular formula is C11H14N2O2. The summed E-state index contributed by atoms with van der Waals surface area (Å²) in [6.07, 6.45) is 3.55. The van der Waals surface area contributed by atoms with Gasteiger partial charge >= 0.3 is 5.97 Å². The van der Waals surface area contributed by atoms with Crippen molar-refractivity contribution in [2.75, 3.05) is 6.54 Å². The van der Waals surface area contributed by atoms with Crippen molar-refractivity contribution in [1.82, 2.24) is 10.3 Å². The van der Waals surface area contributed by atoms with Gasteiger partial charge in [0.05, 0.1) is 6.42 Å². The van der Waals surface area contributed by atoms with Gasteiger partial charge in [-0.2, -0.15) is 0 Å². The molecule has 0 bridgehead atoms. The average Bonchev–Trinajstić information content (AvgIpc) is 2.26. The number of pyridine rings is 1. The van der Waals surface area contributed by atoms with Crippen LogP contribution in [0.3, 0.4) is 0 Å². The van der Waals surface area contributed by atoms with E-state index in [4.69, 9.17) is 5.11 Å². The van der Waals surface area contributed by atoms with Crippen molar-refractivity contribution in [2.24, 2.45) is 0 Å². The van der Waals surface area contributed by atoms with Crippen molar-refractivity contribution < 1.29 is 9.90 Å².